The molecule has 0 saturated carbocycles. The molecule has 1 aromatic heterocycles. The number of aromatic nitrogens is 1. The number of benzene rings is 1. The Hall–Kier alpha value is -2.25. The maximum Gasteiger partial charge on any atom is 0.181 e. The topological polar surface area (TPSA) is 92.9 Å². The Kier molecular flexibility index (Phi) is 4.44. The second-order valence-electron chi connectivity index (χ2n) is 3.99. The van der Waals surface area contributed by atoms with E-state index in [1.807, 2.05) is 37.3 Å². The standard InChI is InChI=1S/C13H16N6S/c1-3-19(15)18-17-9(2)12-11(16-13(14)20-12)10-7-5-4-6-8-10/h4-8H,2-3,15H2,1H3,(H2,14,16)/b18-17-. The molecule has 2 rings (SSSR count). The van der Waals surface area contributed by atoms with E-state index in [4.69, 9.17) is 11.6 Å². The Morgan fingerprint density at radius 3 is 2.75 bits per heavy atom. The minimum atomic E-state index is 0.468. The van der Waals surface area contributed by atoms with E-state index < -0.39 is 0 Å². The Morgan fingerprint density at radius 2 is 2.10 bits per heavy atom. The molecule has 2 aromatic rings. The number of nitrogens with two attached hydrogens (primary N) is 2. The largest absolute Gasteiger partial charge is 0.375 e. The molecule has 6 nitrogen and oxygen atoms in total. The van der Waals surface area contributed by atoms with Crippen molar-refractivity contribution in [2.45, 2.75) is 6.92 Å². The molecule has 0 amide bonds. The molecule has 1 aromatic carbocycles. The summed E-state index contributed by atoms with van der Waals surface area (Å²) in [6.45, 7) is 6.34. The molecular formula is C13H16N6S. The highest BCUT2D eigenvalue weighted by atomic mass is 32.1. The molecule has 0 unspecified atom stereocenters. The zero-order valence-electron chi connectivity index (χ0n) is 11.2. The van der Waals surface area contributed by atoms with Crippen molar-refractivity contribution in [1.29, 1.82) is 0 Å². The fourth-order valence-corrected chi connectivity index (χ4v) is 2.31. The number of nitrogens with zero attached hydrogens (tertiary/aromatic N) is 4. The van der Waals surface area contributed by atoms with Gasteiger partial charge in [0, 0.05) is 5.56 Å². The Balaban J connectivity index is 2.33. The average molecular weight is 288 g/mol. The van der Waals surface area contributed by atoms with E-state index in [1.165, 1.54) is 16.5 Å². The average Bonchev–Trinajstić information content (AvgIpc) is 2.87. The lowest BCUT2D eigenvalue weighted by atomic mass is 10.1. The molecule has 1 heterocycles. The van der Waals surface area contributed by atoms with Crippen molar-refractivity contribution in [1.82, 2.24) is 10.1 Å². The number of nitrogen functional groups attached to an aromatic ring is 1. The van der Waals surface area contributed by atoms with Crippen LogP contribution in [-0.4, -0.2) is 16.6 Å². The van der Waals surface area contributed by atoms with Gasteiger partial charge in [0.2, 0.25) is 0 Å². The van der Waals surface area contributed by atoms with Crippen molar-refractivity contribution in [3.8, 4) is 11.3 Å². The van der Waals surface area contributed by atoms with Gasteiger partial charge in [-0.1, -0.05) is 53.5 Å². The first-order valence-electron chi connectivity index (χ1n) is 6.06. The maximum absolute atomic E-state index is 5.80. The Bertz CT molecular complexity index is 619. The van der Waals surface area contributed by atoms with Crippen LogP contribution in [0, 0.1) is 0 Å². The third kappa shape index (κ3) is 3.19. The van der Waals surface area contributed by atoms with Crippen LogP contribution in [-0.2, 0) is 0 Å². The predicted molar refractivity (Wildman–Crippen MR) is 82.4 cm³/mol. The molecule has 0 atom stereocenters. The van der Waals surface area contributed by atoms with Gasteiger partial charge in [0.25, 0.3) is 0 Å². The van der Waals surface area contributed by atoms with Crippen LogP contribution >= 0.6 is 11.3 Å². The molecule has 0 aliphatic carbocycles. The van der Waals surface area contributed by atoms with Crippen LogP contribution < -0.4 is 11.6 Å². The van der Waals surface area contributed by atoms with Crippen molar-refractivity contribution in [2.75, 3.05) is 12.3 Å². The third-order valence-corrected chi connectivity index (χ3v) is 3.49. The monoisotopic (exact) mass is 288 g/mol. The molecular weight excluding hydrogens is 272 g/mol. The lowest BCUT2D eigenvalue weighted by molar-refractivity contribution is 0.296. The fourth-order valence-electron chi connectivity index (χ4n) is 1.54. The molecule has 0 bridgehead atoms. The van der Waals surface area contributed by atoms with Gasteiger partial charge in [-0.3, -0.25) is 0 Å². The van der Waals surface area contributed by atoms with Crippen LogP contribution in [0.3, 0.4) is 0 Å². The summed E-state index contributed by atoms with van der Waals surface area (Å²) in [5, 5.41) is 9.55. The molecule has 20 heavy (non-hydrogen) atoms. The third-order valence-electron chi connectivity index (χ3n) is 2.56. The zero-order valence-corrected chi connectivity index (χ0v) is 12.0. The fraction of sp³-hybridized carbons (Fsp3) is 0.154. The van der Waals surface area contributed by atoms with E-state index in [9.17, 15) is 0 Å². The molecule has 0 radical (unpaired) electrons. The molecule has 0 spiro atoms. The molecule has 0 aliphatic rings. The lowest BCUT2D eigenvalue weighted by Crippen LogP contribution is -2.23. The van der Waals surface area contributed by atoms with E-state index in [1.54, 1.807) is 0 Å². The van der Waals surface area contributed by atoms with Crippen LogP contribution in [0.4, 0.5) is 5.13 Å². The van der Waals surface area contributed by atoms with Gasteiger partial charge in [-0.15, -0.1) is 5.11 Å². The SMILES string of the molecule is C=C(/N=N\N(N)CC)c1sc(N)nc1-c1ccccc1. The normalized spacial score (nSPS) is 10.9. The quantitative estimate of drug-likeness (QED) is 0.502. The summed E-state index contributed by atoms with van der Waals surface area (Å²) in [6, 6.07) is 9.75. The van der Waals surface area contributed by atoms with Gasteiger partial charge in [-0.05, 0) is 6.92 Å². The second-order valence-corrected chi connectivity index (χ2v) is 5.02. The summed E-state index contributed by atoms with van der Waals surface area (Å²) in [7, 11) is 0. The van der Waals surface area contributed by atoms with Crippen molar-refractivity contribution in [3.05, 3.63) is 41.8 Å². The number of anilines is 1. The molecule has 0 fully saturated rings. The molecule has 104 valence electrons. The van der Waals surface area contributed by atoms with E-state index in [0.29, 0.717) is 17.4 Å². The van der Waals surface area contributed by atoms with Gasteiger partial charge in [0.1, 0.15) is 0 Å². The van der Waals surface area contributed by atoms with E-state index >= 15 is 0 Å². The zero-order chi connectivity index (χ0) is 14.5. The number of thiazole rings is 1. The van der Waals surface area contributed by atoms with E-state index in [-0.39, 0.29) is 0 Å². The molecule has 7 heteroatoms. The van der Waals surface area contributed by atoms with Gasteiger partial charge < -0.3 is 5.73 Å². The summed E-state index contributed by atoms with van der Waals surface area (Å²) in [6.07, 6.45) is 0. The van der Waals surface area contributed by atoms with Crippen LogP contribution in [0.25, 0.3) is 17.0 Å². The summed E-state index contributed by atoms with van der Waals surface area (Å²) in [5.74, 6) is 5.55. The number of rotatable bonds is 5. The second kappa shape index (κ2) is 6.27. The predicted octanol–water partition coefficient (Wildman–Crippen LogP) is 2.93. The summed E-state index contributed by atoms with van der Waals surface area (Å²) >= 11 is 1.33. The number of hydrogen-bond acceptors (Lipinski definition) is 6. The smallest absolute Gasteiger partial charge is 0.181 e. The first-order chi connectivity index (χ1) is 9.61. The molecule has 0 saturated heterocycles. The number of hydrazine groups is 1. The van der Waals surface area contributed by atoms with Gasteiger partial charge >= 0.3 is 0 Å². The van der Waals surface area contributed by atoms with Gasteiger partial charge in [0.15, 0.2) is 5.13 Å². The van der Waals surface area contributed by atoms with Crippen molar-refractivity contribution in [2.24, 2.45) is 16.2 Å². The van der Waals surface area contributed by atoms with Crippen LogP contribution in [0.15, 0.2) is 47.2 Å². The Labute approximate surface area is 121 Å². The van der Waals surface area contributed by atoms with E-state index in [0.717, 1.165) is 16.1 Å². The van der Waals surface area contributed by atoms with Crippen molar-refractivity contribution < 1.29 is 0 Å². The van der Waals surface area contributed by atoms with Crippen molar-refractivity contribution >= 4 is 22.2 Å². The minimum absolute atomic E-state index is 0.468. The van der Waals surface area contributed by atoms with Gasteiger partial charge in [-0.2, -0.15) is 0 Å². The summed E-state index contributed by atoms with van der Waals surface area (Å²) in [5.41, 5.74) is 8.01. The highest BCUT2D eigenvalue weighted by Gasteiger charge is 2.14. The molecule has 4 N–H and O–H groups in total. The first kappa shape index (κ1) is 14.2. The highest BCUT2D eigenvalue weighted by molar-refractivity contribution is 7.16. The van der Waals surface area contributed by atoms with Crippen molar-refractivity contribution in [3.63, 3.8) is 0 Å². The highest BCUT2D eigenvalue weighted by Crippen LogP contribution is 2.34. The lowest BCUT2D eigenvalue weighted by Gasteiger charge is -2.06. The Morgan fingerprint density at radius 1 is 1.40 bits per heavy atom. The van der Waals surface area contributed by atoms with Crippen LogP contribution in [0.2, 0.25) is 0 Å². The summed E-state index contributed by atoms with van der Waals surface area (Å²) in [4.78, 5) is 5.13. The van der Waals surface area contributed by atoms with Crippen LogP contribution in [0.5, 0.6) is 0 Å². The van der Waals surface area contributed by atoms with Gasteiger partial charge in [-0.25, -0.2) is 15.9 Å². The first-order valence-corrected chi connectivity index (χ1v) is 6.88. The minimum Gasteiger partial charge on any atom is -0.375 e. The molecule has 0 aliphatic heterocycles. The maximum atomic E-state index is 5.80. The van der Waals surface area contributed by atoms with Crippen LogP contribution in [0.1, 0.15) is 11.8 Å². The summed E-state index contributed by atoms with van der Waals surface area (Å²) < 4.78 is 0. The van der Waals surface area contributed by atoms with Gasteiger partial charge in [0.05, 0.1) is 22.8 Å². The number of hydrogen-bond donors (Lipinski definition) is 2. The van der Waals surface area contributed by atoms with E-state index in [2.05, 4.69) is 21.9 Å².